The highest BCUT2D eigenvalue weighted by Gasteiger charge is 2.01. The SMILES string of the molecule is O=C(O)/C=C/c1ccc(COCc2ccccc2Br)s1. The predicted molar refractivity (Wildman–Crippen MR) is 83.6 cm³/mol. The topological polar surface area (TPSA) is 46.5 Å². The van der Waals surface area contributed by atoms with Gasteiger partial charge in [-0.1, -0.05) is 34.1 Å². The second-order valence-electron chi connectivity index (χ2n) is 4.06. The van der Waals surface area contributed by atoms with Crippen LogP contribution in [0.2, 0.25) is 0 Å². The van der Waals surface area contributed by atoms with Gasteiger partial charge in [0.05, 0.1) is 13.2 Å². The van der Waals surface area contributed by atoms with Crippen molar-refractivity contribution in [2.45, 2.75) is 13.2 Å². The molecule has 0 aliphatic heterocycles. The van der Waals surface area contributed by atoms with Gasteiger partial charge in [-0.25, -0.2) is 4.79 Å². The average molecular weight is 353 g/mol. The molecule has 0 saturated heterocycles. The number of hydrogen-bond acceptors (Lipinski definition) is 3. The normalized spacial score (nSPS) is 11.1. The Kier molecular flexibility index (Phi) is 5.52. The Bertz CT molecular complexity index is 619. The molecule has 1 aromatic heterocycles. The Morgan fingerprint density at radius 2 is 2.05 bits per heavy atom. The lowest BCUT2D eigenvalue weighted by molar-refractivity contribution is -0.131. The summed E-state index contributed by atoms with van der Waals surface area (Å²) in [6.07, 6.45) is 2.72. The molecule has 0 bridgehead atoms. The van der Waals surface area contributed by atoms with E-state index in [0.29, 0.717) is 13.2 Å². The summed E-state index contributed by atoms with van der Waals surface area (Å²) < 4.78 is 6.70. The van der Waals surface area contributed by atoms with Gasteiger partial charge in [-0.3, -0.25) is 0 Å². The van der Waals surface area contributed by atoms with Crippen LogP contribution in [0.25, 0.3) is 6.08 Å². The third kappa shape index (κ3) is 4.59. The fourth-order valence-corrected chi connectivity index (χ4v) is 2.84. The highest BCUT2D eigenvalue weighted by molar-refractivity contribution is 9.10. The minimum absolute atomic E-state index is 0.521. The Labute approximate surface area is 129 Å². The molecule has 1 aromatic carbocycles. The van der Waals surface area contributed by atoms with Crippen LogP contribution >= 0.6 is 27.3 Å². The van der Waals surface area contributed by atoms with Crippen molar-refractivity contribution in [3.05, 3.63) is 62.3 Å². The highest BCUT2D eigenvalue weighted by Crippen LogP contribution is 2.21. The molecule has 0 aliphatic carbocycles. The molecule has 5 heteroatoms. The van der Waals surface area contributed by atoms with Crippen LogP contribution in [-0.4, -0.2) is 11.1 Å². The highest BCUT2D eigenvalue weighted by atomic mass is 79.9. The standard InChI is InChI=1S/C15H13BrO3S/c16-14-4-2-1-3-11(14)9-19-10-13-6-5-12(20-13)7-8-15(17)18/h1-8H,9-10H2,(H,17,18)/b8-7+. The zero-order valence-electron chi connectivity index (χ0n) is 10.6. The largest absolute Gasteiger partial charge is 0.478 e. The summed E-state index contributed by atoms with van der Waals surface area (Å²) in [5.41, 5.74) is 1.11. The van der Waals surface area contributed by atoms with Crippen molar-refractivity contribution >= 4 is 39.3 Å². The summed E-state index contributed by atoms with van der Waals surface area (Å²) in [6, 6.07) is 11.8. The first-order valence-corrected chi connectivity index (χ1v) is 7.57. The van der Waals surface area contributed by atoms with E-state index in [2.05, 4.69) is 15.9 Å². The van der Waals surface area contributed by atoms with E-state index in [0.717, 1.165) is 25.9 Å². The molecule has 0 fully saturated rings. The zero-order valence-corrected chi connectivity index (χ0v) is 13.0. The summed E-state index contributed by atoms with van der Waals surface area (Å²) in [5, 5.41) is 8.56. The van der Waals surface area contributed by atoms with Gasteiger partial charge in [-0.05, 0) is 29.8 Å². The number of rotatable bonds is 6. The van der Waals surface area contributed by atoms with Crippen molar-refractivity contribution in [1.29, 1.82) is 0 Å². The molecule has 1 N–H and O–H groups in total. The maximum absolute atomic E-state index is 10.4. The molecule has 104 valence electrons. The van der Waals surface area contributed by atoms with Gasteiger partial charge in [0.25, 0.3) is 0 Å². The smallest absolute Gasteiger partial charge is 0.328 e. The molecular weight excluding hydrogens is 340 g/mol. The quantitative estimate of drug-likeness (QED) is 0.787. The van der Waals surface area contributed by atoms with Crippen LogP contribution in [0.1, 0.15) is 15.3 Å². The summed E-state index contributed by atoms with van der Waals surface area (Å²) >= 11 is 5.01. The first-order valence-electron chi connectivity index (χ1n) is 5.96. The van der Waals surface area contributed by atoms with E-state index in [1.807, 2.05) is 36.4 Å². The number of carbonyl (C=O) groups is 1. The molecule has 2 aromatic rings. The van der Waals surface area contributed by atoms with Crippen LogP contribution in [0, 0.1) is 0 Å². The van der Waals surface area contributed by atoms with Crippen LogP contribution in [-0.2, 0) is 22.7 Å². The lowest BCUT2D eigenvalue weighted by atomic mass is 10.2. The van der Waals surface area contributed by atoms with Crippen LogP contribution in [0.4, 0.5) is 0 Å². The first-order chi connectivity index (χ1) is 9.65. The molecule has 3 nitrogen and oxygen atoms in total. The molecule has 0 saturated carbocycles. The third-order valence-corrected chi connectivity index (χ3v) is 4.33. The summed E-state index contributed by atoms with van der Waals surface area (Å²) in [6.45, 7) is 1.06. The van der Waals surface area contributed by atoms with E-state index >= 15 is 0 Å². The van der Waals surface area contributed by atoms with Gasteiger partial charge in [0.1, 0.15) is 0 Å². The van der Waals surface area contributed by atoms with Gasteiger partial charge in [-0.15, -0.1) is 11.3 Å². The number of halogens is 1. The molecule has 0 spiro atoms. The van der Waals surface area contributed by atoms with Gasteiger partial charge in [0, 0.05) is 20.3 Å². The molecule has 0 radical (unpaired) electrons. The minimum Gasteiger partial charge on any atom is -0.478 e. The molecule has 0 atom stereocenters. The Morgan fingerprint density at radius 3 is 2.80 bits per heavy atom. The van der Waals surface area contributed by atoms with E-state index in [1.165, 1.54) is 11.3 Å². The van der Waals surface area contributed by atoms with Gasteiger partial charge in [0.15, 0.2) is 0 Å². The van der Waals surface area contributed by atoms with Crippen molar-refractivity contribution in [3.63, 3.8) is 0 Å². The van der Waals surface area contributed by atoms with Crippen LogP contribution in [0.5, 0.6) is 0 Å². The number of benzene rings is 1. The second-order valence-corrected chi connectivity index (χ2v) is 6.11. The van der Waals surface area contributed by atoms with Crippen molar-refractivity contribution in [2.24, 2.45) is 0 Å². The predicted octanol–water partition coefficient (Wildman–Crippen LogP) is 4.33. The van der Waals surface area contributed by atoms with E-state index in [-0.39, 0.29) is 0 Å². The number of hydrogen-bond donors (Lipinski definition) is 1. The summed E-state index contributed by atoms with van der Waals surface area (Å²) in [5.74, 6) is -0.940. The lowest BCUT2D eigenvalue weighted by Gasteiger charge is -2.04. The Morgan fingerprint density at radius 1 is 1.25 bits per heavy atom. The monoisotopic (exact) mass is 352 g/mol. The van der Waals surface area contributed by atoms with Gasteiger partial charge >= 0.3 is 5.97 Å². The first kappa shape index (κ1) is 15.0. The molecular formula is C15H13BrO3S. The average Bonchev–Trinajstić information content (AvgIpc) is 2.87. The van der Waals surface area contributed by atoms with E-state index in [9.17, 15) is 4.79 Å². The van der Waals surface area contributed by atoms with Crippen molar-refractivity contribution in [3.8, 4) is 0 Å². The summed E-state index contributed by atoms with van der Waals surface area (Å²) in [7, 11) is 0. The van der Waals surface area contributed by atoms with E-state index in [1.54, 1.807) is 6.08 Å². The van der Waals surface area contributed by atoms with Crippen molar-refractivity contribution in [2.75, 3.05) is 0 Å². The molecule has 0 aliphatic rings. The molecule has 2 rings (SSSR count). The molecule has 1 heterocycles. The molecule has 0 amide bonds. The van der Waals surface area contributed by atoms with Crippen LogP contribution < -0.4 is 0 Å². The number of carboxylic acid groups (broad SMARTS) is 1. The van der Waals surface area contributed by atoms with Gasteiger partial charge < -0.3 is 9.84 Å². The Balaban J connectivity index is 1.86. The molecule has 0 unspecified atom stereocenters. The van der Waals surface area contributed by atoms with E-state index in [4.69, 9.17) is 9.84 Å². The number of ether oxygens (including phenoxy) is 1. The van der Waals surface area contributed by atoms with Gasteiger partial charge in [-0.2, -0.15) is 0 Å². The Hall–Kier alpha value is -1.43. The zero-order chi connectivity index (χ0) is 14.4. The number of aliphatic carboxylic acids is 1. The summed E-state index contributed by atoms with van der Waals surface area (Å²) in [4.78, 5) is 12.4. The number of thiophene rings is 1. The lowest BCUT2D eigenvalue weighted by Crippen LogP contribution is -1.93. The number of carboxylic acids is 1. The van der Waals surface area contributed by atoms with Crippen molar-refractivity contribution < 1.29 is 14.6 Å². The van der Waals surface area contributed by atoms with Crippen LogP contribution in [0.3, 0.4) is 0 Å². The minimum atomic E-state index is -0.940. The fourth-order valence-electron chi connectivity index (χ4n) is 1.59. The fraction of sp³-hybridized carbons (Fsp3) is 0.133. The van der Waals surface area contributed by atoms with E-state index < -0.39 is 5.97 Å². The van der Waals surface area contributed by atoms with Gasteiger partial charge in [0.2, 0.25) is 0 Å². The molecule has 20 heavy (non-hydrogen) atoms. The maximum atomic E-state index is 10.4. The van der Waals surface area contributed by atoms with Crippen LogP contribution in [0.15, 0.2) is 46.9 Å². The van der Waals surface area contributed by atoms with Crippen molar-refractivity contribution in [1.82, 2.24) is 0 Å². The second kappa shape index (κ2) is 7.38. The maximum Gasteiger partial charge on any atom is 0.328 e. The third-order valence-electron chi connectivity index (χ3n) is 2.53.